The first-order valence-electron chi connectivity index (χ1n) is 7.52. The van der Waals surface area contributed by atoms with Crippen molar-refractivity contribution >= 4 is 17.0 Å². The lowest BCUT2D eigenvalue weighted by Crippen LogP contribution is -2.22. The van der Waals surface area contributed by atoms with Crippen molar-refractivity contribution in [3.8, 4) is 0 Å². The average molecular weight is 285 g/mol. The van der Waals surface area contributed by atoms with E-state index in [1.54, 1.807) is 0 Å². The minimum atomic E-state index is 0.565. The Morgan fingerprint density at radius 2 is 1.90 bits per heavy atom. The fraction of sp³-hybridized carbons (Fsp3) is 0.389. The van der Waals surface area contributed by atoms with Crippen LogP contribution in [-0.4, -0.2) is 32.2 Å². The van der Waals surface area contributed by atoms with Crippen LogP contribution in [0.1, 0.15) is 25.3 Å². The fourth-order valence-corrected chi connectivity index (χ4v) is 2.04. The van der Waals surface area contributed by atoms with Gasteiger partial charge in [-0.1, -0.05) is 37.3 Å². The van der Waals surface area contributed by atoms with E-state index in [1.165, 1.54) is 10.9 Å². The number of nitrogens with zero attached hydrogens (tertiary/aromatic N) is 1. The molecule has 0 spiro atoms. The molecule has 2 aromatic rings. The van der Waals surface area contributed by atoms with Crippen molar-refractivity contribution in [1.29, 1.82) is 0 Å². The number of aromatic nitrogens is 1. The van der Waals surface area contributed by atoms with Crippen LogP contribution in [-0.2, 0) is 0 Å². The van der Waals surface area contributed by atoms with Gasteiger partial charge in [0.2, 0.25) is 0 Å². The normalized spacial score (nSPS) is 12.2. The van der Waals surface area contributed by atoms with E-state index in [1.807, 2.05) is 45.5 Å². The van der Waals surface area contributed by atoms with Gasteiger partial charge in [0.25, 0.3) is 0 Å². The number of pyridine rings is 1. The molecule has 0 fully saturated rings. The predicted octanol–water partition coefficient (Wildman–Crippen LogP) is 3.47. The van der Waals surface area contributed by atoms with Gasteiger partial charge < -0.3 is 10.6 Å². The van der Waals surface area contributed by atoms with Crippen LogP contribution in [0.25, 0.3) is 17.0 Å². The molecule has 3 nitrogen and oxygen atoms in total. The summed E-state index contributed by atoms with van der Waals surface area (Å²) in [6.07, 6.45) is 8.51. The van der Waals surface area contributed by atoms with Crippen molar-refractivity contribution in [2.45, 2.75) is 25.8 Å². The first kappa shape index (κ1) is 17.3. The van der Waals surface area contributed by atoms with Gasteiger partial charge in [0.15, 0.2) is 0 Å². The zero-order valence-electron chi connectivity index (χ0n) is 13.6. The molecule has 0 aliphatic rings. The fourth-order valence-electron chi connectivity index (χ4n) is 2.04. The van der Waals surface area contributed by atoms with E-state index in [4.69, 9.17) is 0 Å². The number of benzene rings is 1. The van der Waals surface area contributed by atoms with Crippen molar-refractivity contribution in [3.05, 3.63) is 48.2 Å². The highest BCUT2D eigenvalue weighted by Gasteiger charge is 1.99. The molecule has 0 radical (unpaired) electrons. The van der Waals surface area contributed by atoms with Gasteiger partial charge in [0.1, 0.15) is 0 Å². The predicted molar refractivity (Wildman–Crippen MR) is 93.5 cm³/mol. The lowest BCUT2D eigenvalue weighted by atomic mass is 10.1. The van der Waals surface area contributed by atoms with Crippen LogP contribution in [0.2, 0.25) is 0 Å². The Kier molecular flexibility index (Phi) is 8.32. The highest BCUT2D eigenvalue weighted by molar-refractivity contribution is 5.80. The molecule has 21 heavy (non-hydrogen) atoms. The number of fused-ring (bicyclic) bond motifs is 1. The van der Waals surface area contributed by atoms with Crippen molar-refractivity contribution in [3.63, 3.8) is 0 Å². The van der Waals surface area contributed by atoms with Gasteiger partial charge in [0, 0.05) is 17.6 Å². The third-order valence-electron chi connectivity index (χ3n) is 3.24. The summed E-state index contributed by atoms with van der Waals surface area (Å²) in [5.41, 5.74) is 2.22. The molecule has 0 aliphatic heterocycles. The van der Waals surface area contributed by atoms with Gasteiger partial charge in [-0.3, -0.25) is 4.98 Å². The van der Waals surface area contributed by atoms with Gasteiger partial charge in [-0.25, -0.2) is 0 Å². The van der Waals surface area contributed by atoms with Crippen molar-refractivity contribution in [2.24, 2.45) is 0 Å². The molecule has 2 N–H and O–H groups in total. The molecule has 1 heterocycles. The van der Waals surface area contributed by atoms with Crippen LogP contribution in [0.5, 0.6) is 0 Å². The van der Waals surface area contributed by atoms with Crippen LogP contribution in [0.3, 0.4) is 0 Å². The van der Waals surface area contributed by atoms with Crippen molar-refractivity contribution in [1.82, 2.24) is 15.6 Å². The summed E-state index contributed by atoms with van der Waals surface area (Å²) in [6, 6.07) is 10.9. The molecule has 0 saturated carbocycles. The summed E-state index contributed by atoms with van der Waals surface area (Å²) in [7, 11) is 5.76. The number of hydrogen-bond acceptors (Lipinski definition) is 3. The zero-order valence-corrected chi connectivity index (χ0v) is 13.6. The van der Waals surface area contributed by atoms with Crippen molar-refractivity contribution < 1.29 is 0 Å². The molecule has 2 rings (SSSR count). The van der Waals surface area contributed by atoms with E-state index in [2.05, 4.69) is 46.8 Å². The maximum atomic E-state index is 4.45. The number of para-hydroxylation sites is 1. The summed E-state index contributed by atoms with van der Waals surface area (Å²) in [5.74, 6) is 0. The maximum Gasteiger partial charge on any atom is 0.0702 e. The molecule has 3 heteroatoms. The highest BCUT2D eigenvalue weighted by atomic mass is 14.9. The lowest BCUT2D eigenvalue weighted by Gasteiger charge is -2.09. The first-order valence-corrected chi connectivity index (χ1v) is 7.52. The van der Waals surface area contributed by atoms with E-state index in [-0.39, 0.29) is 0 Å². The first-order chi connectivity index (χ1) is 10.2. The Bertz CT molecular complexity index is 545. The SMILES string of the molecule is CCC(C/C=C\c1cnc2ccccc2c1)NC.CNC. The van der Waals surface area contributed by atoms with Gasteiger partial charge >= 0.3 is 0 Å². The minimum absolute atomic E-state index is 0.565. The quantitative estimate of drug-likeness (QED) is 0.883. The van der Waals surface area contributed by atoms with Crippen molar-refractivity contribution in [2.75, 3.05) is 21.1 Å². The Balaban J connectivity index is 0.000000677. The van der Waals surface area contributed by atoms with Gasteiger partial charge in [-0.15, -0.1) is 0 Å². The molecule has 1 aromatic heterocycles. The Labute approximate surface area is 128 Å². The van der Waals surface area contributed by atoms with Gasteiger partial charge in [-0.2, -0.15) is 0 Å². The van der Waals surface area contributed by atoms with Crippen LogP contribution in [0.15, 0.2) is 42.6 Å². The molecule has 0 amide bonds. The smallest absolute Gasteiger partial charge is 0.0702 e. The van der Waals surface area contributed by atoms with Crippen LogP contribution in [0.4, 0.5) is 0 Å². The van der Waals surface area contributed by atoms with E-state index in [0.717, 1.165) is 18.4 Å². The Morgan fingerprint density at radius 1 is 1.19 bits per heavy atom. The van der Waals surface area contributed by atoms with E-state index >= 15 is 0 Å². The monoisotopic (exact) mass is 285 g/mol. The Hall–Kier alpha value is -1.71. The largest absolute Gasteiger partial charge is 0.323 e. The molecule has 0 saturated heterocycles. The summed E-state index contributed by atoms with van der Waals surface area (Å²) in [5, 5.41) is 7.25. The summed E-state index contributed by atoms with van der Waals surface area (Å²) in [4.78, 5) is 4.45. The molecule has 114 valence electrons. The van der Waals surface area contributed by atoms with Crippen LogP contribution < -0.4 is 10.6 Å². The topological polar surface area (TPSA) is 37.0 Å². The molecule has 1 aromatic carbocycles. The summed E-state index contributed by atoms with van der Waals surface area (Å²) >= 11 is 0. The van der Waals surface area contributed by atoms with Crippen LogP contribution >= 0.6 is 0 Å². The molecule has 1 atom stereocenters. The third-order valence-corrected chi connectivity index (χ3v) is 3.24. The van der Waals surface area contributed by atoms with E-state index in [9.17, 15) is 0 Å². The second-order valence-corrected chi connectivity index (χ2v) is 4.99. The molecular weight excluding hydrogens is 258 g/mol. The van der Waals surface area contributed by atoms with E-state index < -0.39 is 0 Å². The molecule has 1 unspecified atom stereocenters. The van der Waals surface area contributed by atoms with E-state index in [0.29, 0.717) is 6.04 Å². The number of nitrogens with one attached hydrogen (secondary N) is 2. The summed E-state index contributed by atoms with van der Waals surface area (Å²) < 4.78 is 0. The third kappa shape index (κ3) is 6.06. The Morgan fingerprint density at radius 3 is 2.57 bits per heavy atom. The highest BCUT2D eigenvalue weighted by Crippen LogP contribution is 2.14. The maximum absolute atomic E-state index is 4.45. The van der Waals surface area contributed by atoms with Gasteiger partial charge in [-0.05, 0) is 51.7 Å². The lowest BCUT2D eigenvalue weighted by molar-refractivity contribution is 0.553. The molecule has 0 bridgehead atoms. The zero-order chi connectivity index (χ0) is 15.5. The molecule has 0 aliphatic carbocycles. The summed E-state index contributed by atoms with van der Waals surface area (Å²) in [6.45, 7) is 2.20. The minimum Gasteiger partial charge on any atom is -0.323 e. The number of hydrogen-bond donors (Lipinski definition) is 2. The van der Waals surface area contributed by atoms with Crippen LogP contribution in [0, 0.1) is 0 Å². The standard InChI is InChI=1S/C16H20N2.C2H7N/c1-3-15(17-2)9-6-7-13-11-14-8-4-5-10-16(14)18-12-13;1-3-2/h4-8,10-12,15,17H,3,9H2,1-2H3;3H,1-2H3/b7-6-;. The number of rotatable bonds is 5. The van der Waals surface area contributed by atoms with Gasteiger partial charge in [0.05, 0.1) is 5.52 Å². The average Bonchev–Trinajstić information content (AvgIpc) is 2.52. The molecular formula is C18H27N3. The second kappa shape index (κ2) is 10.1. The second-order valence-electron chi connectivity index (χ2n) is 4.99.